The Hall–Kier alpha value is -2.25. The molecule has 25 heavy (non-hydrogen) atoms. The highest BCUT2D eigenvalue weighted by molar-refractivity contribution is 7.88. The molecule has 0 bridgehead atoms. The Morgan fingerprint density at radius 1 is 1.20 bits per heavy atom. The topological polar surface area (TPSA) is 79.4 Å². The fourth-order valence-corrected chi connectivity index (χ4v) is 3.18. The Bertz CT molecular complexity index is 807. The van der Waals surface area contributed by atoms with E-state index >= 15 is 0 Å². The number of aryl methyl sites for hydroxylation is 1. The Morgan fingerprint density at radius 3 is 2.60 bits per heavy atom. The Morgan fingerprint density at radius 2 is 1.96 bits per heavy atom. The molecule has 0 aliphatic carbocycles. The van der Waals surface area contributed by atoms with Crippen LogP contribution in [0.4, 0.5) is 0 Å². The van der Waals surface area contributed by atoms with E-state index in [4.69, 9.17) is 0 Å². The van der Waals surface area contributed by atoms with Gasteiger partial charge in [0.15, 0.2) is 0 Å². The van der Waals surface area contributed by atoms with Crippen LogP contribution in [0, 0.1) is 6.92 Å². The van der Waals surface area contributed by atoms with Gasteiger partial charge in [-0.05, 0) is 29.7 Å². The van der Waals surface area contributed by atoms with Gasteiger partial charge in [-0.1, -0.05) is 30.3 Å². The zero-order valence-electron chi connectivity index (χ0n) is 14.5. The van der Waals surface area contributed by atoms with E-state index in [0.29, 0.717) is 6.54 Å². The van der Waals surface area contributed by atoms with Gasteiger partial charge in [0.25, 0.3) is 0 Å². The van der Waals surface area contributed by atoms with Crippen LogP contribution in [0.3, 0.4) is 0 Å². The summed E-state index contributed by atoms with van der Waals surface area (Å²) in [5.74, 6) is -0.178. The standard InChI is InChI=1S/C18H23N3O3S/c1-15-6-3-4-8-17(15)13-20-18(22)9-11-21(25(2,23)24)14-16-7-5-10-19-12-16/h3-8,10,12H,9,11,13-14H2,1-2H3,(H,20,22). The summed E-state index contributed by atoms with van der Waals surface area (Å²) in [6, 6.07) is 11.4. The van der Waals surface area contributed by atoms with Gasteiger partial charge in [-0.25, -0.2) is 8.42 Å². The number of aromatic nitrogens is 1. The number of nitrogens with one attached hydrogen (secondary N) is 1. The highest BCUT2D eigenvalue weighted by Crippen LogP contribution is 2.09. The minimum Gasteiger partial charge on any atom is -0.352 e. The maximum absolute atomic E-state index is 12.1. The molecule has 0 aliphatic rings. The maximum Gasteiger partial charge on any atom is 0.221 e. The third-order valence-electron chi connectivity index (χ3n) is 3.88. The highest BCUT2D eigenvalue weighted by atomic mass is 32.2. The number of rotatable bonds is 8. The predicted molar refractivity (Wildman–Crippen MR) is 97.1 cm³/mol. The first kappa shape index (κ1) is 19.1. The molecule has 0 aliphatic heterocycles. The molecule has 0 spiro atoms. The molecule has 134 valence electrons. The van der Waals surface area contributed by atoms with E-state index in [9.17, 15) is 13.2 Å². The Kier molecular flexibility index (Phi) is 6.66. The van der Waals surface area contributed by atoms with Crippen LogP contribution >= 0.6 is 0 Å². The monoisotopic (exact) mass is 361 g/mol. The molecule has 0 saturated heterocycles. The first-order chi connectivity index (χ1) is 11.9. The lowest BCUT2D eigenvalue weighted by atomic mass is 10.1. The summed E-state index contributed by atoms with van der Waals surface area (Å²) >= 11 is 0. The molecule has 1 N–H and O–H groups in total. The van der Waals surface area contributed by atoms with Crippen molar-refractivity contribution in [2.45, 2.75) is 26.4 Å². The fraction of sp³-hybridized carbons (Fsp3) is 0.333. The summed E-state index contributed by atoms with van der Waals surface area (Å²) in [5, 5.41) is 2.84. The SMILES string of the molecule is Cc1ccccc1CNC(=O)CCN(Cc1cccnc1)S(C)(=O)=O. The second kappa shape index (κ2) is 8.73. The quantitative estimate of drug-likeness (QED) is 0.778. The summed E-state index contributed by atoms with van der Waals surface area (Å²) in [4.78, 5) is 16.1. The largest absolute Gasteiger partial charge is 0.352 e. The van der Waals surface area contributed by atoms with E-state index in [1.807, 2.05) is 37.3 Å². The third kappa shape index (κ3) is 6.28. The van der Waals surface area contributed by atoms with Crippen molar-refractivity contribution in [3.8, 4) is 0 Å². The van der Waals surface area contributed by atoms with Gasteiger partial charge in [-0.2, -0.15) is 4.31 Å². The smallest absolute Gasteiger partial charge is 0.221 e. The molecule has 6 nitrogen and oxygen atoms in total. The number of carbonyl (C=O) groups is 1. The van der Waals surface area contributed by atoms with Crippen molar-refractivity contribution in [2.24, 2.45) is 0 Å². The molecule has 0 atom stereocenters. The van der Waals surface area contributed by atoms with Crippen LogP contribution in [-0.4, -0.2) is 36.4 Å². The molecule has 0 saturated carbocycles. The maximum atomic E-state index is 12.1. The average Bonchev–Trinajstić information content (AvgIpc) is 2.57. The molecular formula is C18H23N3O3S. The number of pyridine rings is 1. The average molecular weight is 361 g/mol. The first-order valence-electron chi connectivity index (χ1n) is 8.01. The summed E-state index contributed by atoms with van der Waals surface area (Å²) < 4.78 is 25.2. The normalized spacial score (nSPS) is 11.5. The summed E-state index contributed by atoms with van der Waals surface area (Å²) in [7, 11) is -3.41. The number of hydrogen-bond acceptors (Lipinski definition) is 4. The van der Waals surface area contributed by atoms with Crippen LogP contribution < -0.4 is 5.32 Å². The minimum absolute atomic E-state index is 0.110. The number of amides is 1. The van der Waals surface area contributed by atoms with Crippen molar-refractivity contribution >= 4 is 15.9 Å². The number of carbonyl (C=O) groups excluding carboxylic acids is 1. The van der Waals surface area contributed by atoms with Gasteiger partial charge in [0.1, 0.15) is 0 Å². The Labute approximate surface area is 148 Å². The second-order valence-electron chi connectivity index (χ2n) is 5.91. The molecule has 7 heteroatoms. The molecule has 0 radical (unpaired) electrons. The number of benzene rings is 1. The summed E-state index contributed by atoms with van der Waals surface area (Å²) in [6.07, 6.45) is 4.51. The van der Waals surface area contributed by atoms with Crippen molar-refractivity contribution in [1.29, 1.82) is 0 Å². The van der Waals surface area contributed by atoms with Crippen molar-refractivity contribution in [1.82, 2.24) is 14.6 Å². The number of hydrogen-bond donors (Lipinski definition) is 1. The lowest BCUT2D eigenvalue weighted by Gasteiger charge is -2.19. The van der Waals surface area contributed by atoms with E-state index in [2.05, 4.69) is 10.3 Å². The highest BCUT2D eigenvalue weighted by Gasteiger charge is 2.18. The molecule has 1 aromatic carbocycles. The fourth-order valence-electron chi connectivity index (χ4n) is 2.37. The van der Waals surface area contributed by atoms with Crippen LogP contribution in [0.2, 0.25) is 0 Å². The first-order valence-corrected chi connectivity index (χ1v) is 9.86. The van der Waals surface area contributed by atoms with Gasteiger partial charge >= 0.3 is 0 Å². The molecule has 1 heterocycles. The van der Waals surface area contributed by atoms with Crippen molar-refractivity contribution in [2.75, 3.05) is 12.8 Å². The zero-order chi connectivity index (χ0) is 18.3. The van der Waals surface area contributed by atoms with Crippen LogP contribution in [0.25, 0.3) is 0 Å². The molecule has 2 rings (SSSR count). The van der Waals surface area contributed by atoms with Gasteiger partial charge in [0.05, 0.1) is 6.26 Å². The van der Waals surface area contributed by atoms with Gasteiger partial charge in [-0.15, -0.1) is 0 Å². The molecule has 2 aromatic rings. The van der Waals surface area contributed by atoms with Crippen LogP contribution in [0.5, 0.6) is 0 Å². The second-order valence-corrected chi connectivity index (χ2v) is 7.89. The van der Waals surface area contributed by atoms with Gasteiger partial charge in [-0.3, -0.25) is 9.78 Å². The van der Waals surface area contributed by atoms with Crippen LogP contribution in [0.15, 0.2) is 48.8 Å². The van der Waals surface area contributed by atoms with Crippen LogP contribution in [0.1, 0.15) is 23.1 Å². The molecule has 0 fully saturated rings. The molecule has 1 aromatic heterocycles. The van der Waals surface area contributed by atoms with E-state index in [1.165, 1.54) is 4.31 Å². The Balaban J connectivity index is 1.89. The molecule has 0 unspecified atom stereocenters. The van der Waals surface area contributed by atoms with Gasteiger partial charge in [0.2, 0.25) is 15.9 Å². The number of nitrogens with zero attached hydrogens (tertiary/aromatic N) is 2. The van der Waals surface area contributed by atoms with E-state index in [-0.39, 0.29) is 25.4 Å². The third-order valence-corrected chi connectivity index (χ3v) is 5.13. The van der Waals surface area contributed by atoms with Gasteiger partial charge < -0.3 is 5.32 Å². The molecular weight excluding hydrogens is 338 g/mol. The van der Waals surface area contributed by atoms with Crippen molar-refractivity contribution < 1.29 is 13.2 Å². The summed E-state index contributed by atoms with van der Waals surface area (Å²) in [6.45, 7) is 2.76. The molecule has 1 amide bonds. The van der Waals surface area contributed by atoms with E-state index in [0.717, 1.165) is 22.9 Å². The summed E-state index contributed by atoms with van der Waals surface area (Å²) in [5.41, 5.74) is 2.94. The zero-order valence-corrected chi connectivity index (χ0v) is 15.3. The predicted octanol–water partition coefficient (Wildman–Crippen LogP) is 1.86. The van der Waals surface area contributed by atoms with Crippen LogP contribution in [-0.2, 0) is 27.9 Å². The van der Waals surface area contributed by atoms with Crippen molar-refractivity contribution in [3.05, 3.63) is 65.5 Å². The lowest BCUT2D eigenvalue weighted by Crippen LogP contribution is -2.34. The van der Waals surface area contributed by atoms with Gasteiger partial charge in [0, 0.05) is 38.4 Å². The van der Waals surface area contributed by atoms with E-state index in [1.54, 1.807) is 18.5 Å². The number of sulfonamides is 1. The minimum atomic E-state index is -3.41. The van der Waals surface area contributed by atoms with E-state index < -0.39 is 10.0 Å². The lowest BCUT2D eigenvalue weighted by molar-refractivity contribution is -0.121. The van der Waals surface area contributed by atoms with Crippen molar-refractivity contribution in [3.63, 3.8) is 0 Å².